The first-order chi connectivity index (χ1) is 13.6. The highest BCUT2D eigenvalue weighted by Crippen LogP contribution is 2.20. The van der Waals surface area contributed by atoms with E-state index in [2.05, 4.69) is 41.1 Å². The monoisotopic (exact) mass is 441 g/mol. The van der Waals surface area contributed by atoms with Crippen LogP contribution in [0.3, 0.4) is 0 Å². The number of carbonyl (C=O) groups excluding carboxylic acids is 1. The molecule has 1 aromatic carbocycles. The van der Waals surface area contributed by atoms with Crippen LogP contribution in [0.5, 0.6) is 0 Å². The van der Waals surface area contributed by atoms with Crippen molar-refractivity contribution in [2.45, 2.75) is 13.0 Å². The summed E-state index contributed by atoms with van der Waals surface area (Å²) >= 11 is 3.39. The second kappa shape index (κ2) is 7.77. The normalized spacial score (nSPS) is 11.0. The molecule has 0 bridgehead atoms. The van der Waals surface area contributed by atoms with Gasteiger partial charge in [-0.25, -0.2) is 19.7 Å². The first-order valence-electron chi connectivity index (χ1n) is 8.51. The average molecular weight is 442 g/mol. The number of nitrogens with zero attached hydrogens (tertiary/aromatic N) is 5. The van der Waals surface area contributed by atoms with E-state index in [4.69, 9.17) is 10.5 Å². The molecule has 4 aromatic rings. The molecule has 0 spiro atoms. The molecule has 4 rings (SSSR count). The van der Waals surface area contributed by atoms with Crippen molar-refractivity contribution in [3.05, 3.63) is 53.2 Å². The molecular weight excluding hydrogens is 426 g/mol. The number of ether oxygens (including phenoxy) is 1. The maximum absolute atomic E-state index is 12.2. The van der Waals surface area contributed by atoms with Crippen LogP contribution in [-0.2, 0) is 11.3 Å². The number of imidazole rings is 1. The zero-order chi connectivity index (χ0) is 19.5. The quantitative estimate of drug-likeness (QED) is 0.348. The molecule has 3 heterocycles. The largest absolute Gasteiger partial charge is 0.461 e. The lowest BCUT2D eigenvalue weighted by molar-refractivity contribution is 0.0489. The van der Waals surface area contributed by atoms with Gasteiger partial charge in [0.25, 0.3) is 0 Å². The van der Waals surface area contributed by atoms with Gasteiger partial charge in [0, 0.05) is 16.6 Å². The molecule has 0 aliphatic carbocycles. The summed E-state index contributed by atoms with van der Waals surface area (Å²) in [4.78, 5) is 24.5. The third-order valence-corrected chi connectivity index (χ3v) is 4.67. The minimum atomic E-state index is -0.446. The van der Waals surface area contributed by atoms with Crippen molar-refractivity contribution in [1.82, 2.24) is 29.7 Å². The van der Waals surface area contributed by atoms with Crippen LogP contribution in [0, 0.1) is 0 Å². The molecule has 10 heteroatoms. The number of nitrogens with one attached hydrogen (secondary N) is 1. The number of aromatic nitrogens is 6. The van der Waals surface area contributed by atoms with Crippen LogP contribution < -0.4 is 5.73 Å². The molecule has 0 amide bonds. The van der Waals surface area contributed by atoms with Gasteiger partial charge in [-0.2, -0.15) is 5.10 Å². The molecule has 0 aliphatic heterocycles. The van der Waals surface area contributed by atoms with Crippen LogP contribution in [0.2, 0.25) is 0 Å². The van der Waals surface area contributed by atoms with Crippen LogP contribution in [0.25, 0.3) is 22.4 Å². The van der Waals surface area contributed by atoms with Gasteiger partial charge in [0.05, 0.1) is 18.6 Å². The van der Waals surface area contributed by atoms with E-state index in [1.165, 1.54) is 6.33 Å². The second-order valence-electron chi connectivity index (χ2n) is 6.03. The van der Waals surface area contributed by atoms with Crippen LogP contribution in [-0.4, -0.2) is 42.3 Å². The summed E-state index contributed by atoms with van der Waals surface area (Å²) in [6, 6.07) is 9.34. The number of aromatic amines is 1. The number of hydrogen-bond acceptors (Lipinski definition) is 7. The number of hydrogen-bond donors (Lipinski definition) is 2. The van der Waals surface area contributed by atoms with Crippen molar-refractivity contribution in [3.8, 4) is 11.3 Å². The van der Waals surface area contributed by atoms with Gasteiger partial charge in [0.1, 0.15) is 17.5 Å². The molecule has 0 atom stereocenters. The van der Waals surface area contributed by atoms with E-state index < -0.39 is 5.97 Å². The zero-order valence-electron chi connectivity index (χ0n) is 14.7. The summed E-state index contributed by atoms with van der Waals surface area (Å²) in [6.07, 6.45) is 3.66. The Morgan fingerprint density at radius 3 is 2.86 bits per heavy atom. The van der Waals surface area contributed by atoms with Crippen molar-refractivity contribution in [2.75, 3.05) is 12.3 Å². The summed E-state index contributed by atoms with van der Waals surface area (Å²) in [7, 11) is 0. The highest BCUT2D eigenvalue weighted by atomic mass is 79.9. The van der Waals surface area contributed by atoms with Gasteiger partial charge in [0.15, 0.2) is 11.5 Å². The molecule has 9 nitrogen and oxygen atoms in total. The van der Waals surface area contributed by atoms with Crippen LogP contribution in [0.15, 0.2) is 47.5 Å². The van der Waals surface area contributed by atoms with Crippen molar-refractivity contribution < 1.29 is 9.53 Å². The summed E-state index contributed by atoms with van der Waals surface area (Å²) in [5, 5.41) is 6.89. The highest BCUT2D eigenvalue weighted by Gasteiger charge is 2.13. The number of carbonyl (C=O) groups is 1. The molecule has 0 radical (unpaired) electrons. The van der Waals surface area contributed by atoms with Gasteiger partial charge in [-0.05, 0) is 24.6 Å². The third-order valence-electron chi connectivity index (χ3n) is 4.14. The van der Waals surface area contributed by atoms with Crippen molar-refractivity contribution in [2.24, 2.45) is 0 Å². The standard InChI is InChI=1S/C18H16BrN7O2/c19-12-4-2-11(3-5-12)13-8-14(25-24-13)18(27)28-7-1-6-26-10-23-15-16(20)21-9-22-17(15)26/h2-5,8-10H,1,6-7H2,(H,24,25)(H2,20,21,22). The molecule has 0 aliphatic rings. The lowest BCUT2D eigenvalue weighted by atomic mass is 10.1. The Balaban J connectivity index is 1.32. The SMILES string of the molecule is Nc1ncnc2c1ncn2CCCOC(=O)c1cc(-c2ccc(Br)cc2)n[nH]1. The Kier molecular flexibility index (Phi) is 5.02. The van der Waals surface area contributed by atoms with E-state index >= 15 is 0 Å². The fraction of sp³-hybridized carbons (Fsp3) is 0.167. The van der Waals surface area contributed by atoms with E-state index in [0.29, 0.717) is 41.3 Å². The van der Waals surface area contributed by atoms with Gasteiger partial charge >= 0.3 is 5.97 Å². The molecule has 142 valence electrons. The highest BCUT2D eigenvalue weighted by molar-refractivity contribution is 9.10. The number of nitrogen functional groups attached to an aromatic ring is 1. The minimum absolute atomic E-state index is 0.256. The van der Waals surface area contributed by atoms with E-state index in [1.807, 2.05) is 28.8 Å². The molecule has 0 saturated carbocycles. The average Bonchev–Trinajstić information content (AvgIpc) is 3.34. The number of anilines is 1. The van der Waals surface area contributed by atoms with Crippen molar-refractivity contribution in [3.63, 3.8) is 0 Å². The number of halogens is 1. The van der Waals surface area contributed by atoms with Crippen molar-refractivity contribution >= 4 is 38.9 Å². The van der Waals surface area contributed by atoms with E-state index in [0.717, 1.165) is 10.0 Å². The first-order valence-corrected chi connectivity index (χ1v) is 9.31. The first kappa shape index (κ1) is 18.1. The van der Waals surface area contributed by atoms with Gasteiger partial charge in [-0.15, -0.1) is 0 Å². The maximum Gasteiger partial charge on any atom is 0.356 e. The number of rotatable bonds is 6. The Labute approximate surface area is 168 Å². The Hall–Kier alpha value is -3.27. The van der Waals surface area contributed by atoms with Gasteiger partial charge in [0.2, 0.25) is 0 Å². The molecule has 0 fully saturated rings. The van der Waals surface area contributed by atoms with Gasteiger partial charge < -0.3 is 15.0 Å². The molecule has 0 saturated heterocycles. The van der Waals surface area contributed by atoms with Gasteiger partial charge in [-0.3, -0.25) is 5.10 Å². The summed E-state index contributed by atoms with van der Waals surface area (Å²) in [5.74, 6) is -0.103. The molecular formula is C18H16BrN7O2. The Morgan fingerprint density at radius 2 is 2.04 bits per heavy atom. The predicted octanol–water partition coefficient (Wildman–Crippen LogP) is 2.81. The lowest BCUT2D eigenvalue weighted by Crippen LogP contribution is -2.09. The van der Waals surface area contributed by atoms with Crippen LogP contribution in [0.4, 0.5) is 5.82 Å². The number of fused-ring (bicyclic) bond motifs is 1. The number of aryl methyl sites for hydroxylation is 1. The molecule has 0 unspecified atom stereocenters. The summed E-state index contributed by atoms with van der Waals surface area (Å²) in [6.45, 7) is 0.846. The number of benzene rings is 1. The minimum Gasteiger partial charge on any atom is -0.461 e. The Bertz CT molecular complexity index is 1120. The third kappa shape index (κ3) is 3.72. The molecule has 3 aromatic heterocycles. The lowest BCUT2D eigenvalue weighted by Gasteiger charge is -2.05. The van der Waals surface area contributed by atoms with Gasteiger partial charge in [-0.1, -0.05) is 28.1 Å². The van der Waals surface area contributed by atoms with E-state index in [9.17, 15) is 4.79 Å². The number of nitrogens with two attached hydrogens (primary N) is 1. The molecule has 28 heavy (non-hydrogen) atoms. The fourth-order valence-electron chi connectivity index (χ4n) is 2.73. The van der Waals surface area contributed by atoms with E-state index in [1.54, 1.807) is 12.4 Å². The predicted molar refractivity (Wildman–Crippen MR) is 106 cm³/mol. The second-order valence-corrected chi connectivity index (χ2v) is 6.95. The summed E-state index contributed by atoms with van der Waals surface area (Å²) in [5.41, 5.74) is 8.90. The smallest absolute Gasteiger partial charge is 0.356 e. The van der Waals surface area contributed by atoms with Crippen molar-refractivity contribution in [1.29, 1.82) is 0 Å². The van der Waals surface area contributed by atoms with Crippen LogP contribution in [0.1, 0.15) is 16.9 Å². The van der Waals surface area contributed by atoms with E-state index in [-0.39, 0.29) is 6.61 Å². The Morgan fingerprint density at radius 1 is 1.21 bits per heavy atom. The number of esters is 1. The van der Waals surface area contributed by atoms with Crippen LogP contribution >= 0.6 is 15.9 Å². The fourth-order valence-corrected chi connectivity index (χ4v) is 3.00. The summed E-state index contributed by atoms with van der Waals surface area (Å²) < 4.78 is 8.15. The zero-order valence-corrected chi connectivity index (χ0v) is 16.3. The maximum atomic E-state index is 12.2. The topological polar surface area (TPSA) is 125 Å². The number of H-pyrrole nitrogens is 1. The molecule has 3 N–H and O–H groups in total.